The van der Waals surface area contributed by atoms with E-state index in [1.807, 2.05) is 12.1 Å². The second kappa shape index (κ2) is 8.93. The van der Waals surface area contributed by atoms with Crippen LogP contribution in [0.1, 0.15) is 22.7 Å². The minimum atomic E-state index is -0.821. The maximum atomic E-state index is 13.7. The lowest BCUT2D eigenvalue weighted by Crippen LogP contribution is -2.48. The molecule has 6 heteroatoms. The van der Waals surface area contributed by atoms with E-state index in [4.69, 9.17) is 23.2 Å². The highest BCUT2D eigenvalue weighted by Gasteiger charge is 2.30. The standard InChI is InChI=1S/C24H22Cl2F2N2/c1-16-3-2-4-18(11-16)24-15-29(14-17-5-7-21(27)22(28)12-17)9-10-30(24)23-8-6-19(25)13-20(23)26/h2-8,11-13,24H,9-10,14-15H2,1H3. The monoisotopic (exact) mass is 446 g/mol. The Morgan fingerprint density at radius 1 is 0.933 bits per heavy atom. The van der Waals surface area contributed by atoms with Crippen LogP contribution in [-0.4, -0.2) is 24.5 Å². The number of anilines is 1. The molecule has 0 saturated carbocycles. The Kier molecular flexibility index (Phi) is 6.28. The summed E-state index contributed by atoms with van der Waals surface area (Å²) in [4.78, 5) is 4.56. The highest BCUT2D eigenvalue weighted by molar-refractivity contribution is 6.36. The van der Waals surface area contributed by atoms with Crippen LogP contribution >= 0.6 is 23.2 Å². The van der Waals surface area contributed by atoms with E-state index in [2.05, 4.69) is 41.0 Å². The zero-order valence-electron chi connectivity index (χ0n) is 16.6. The second-order valence-corrected chi connectivity index (χ2v) is 8.55. The van der Waals surface area contributed by atoms with Crippen molar-refractivity contribution >= 4 is 28.9 Å². The Bertz CT molecular complexity index is 1060. The first-order valence-electron chi connectivity index (χ1n) is 9.85. The van der Waals surface area contributed by atoms with Crippen molar-refractivity contribution in [2.75, 3.05) is 24.5 Å². The molecule has 0 N–H and O–H groups in total. The van der Waals surface area contributed by atoms with Crippen molar-refractivity contribution in [3.8, 4) is 0 Å². The molecular formula is C24H22Cl2F2N2. The van der Waals surface area contributed by atoms with Crippen LogP contribution in [0.15, 0.2) is 60.7 Å². The quantitative estimate of drug-likeness (QED) is 0.442. The molecule has 0 aliphatic carbocycles. The second-order valence-electron chi connectivity index (χ2n) is 7.70. The van der Waals surface area contributed by atoms with Crippen molar-refractivity contribution in [1.29, 1.82) is 0 Å². The zero-order chi connectivity index (χ0) is 21.3. The minimum absolute atomic E-state index is 0.0719. The van der Waals surface area contributed by atoms with Crippen LogP contribution in [0.2, 0.25) is 10.0 Å². The van der Waals surface area contributed by atoms with E-state index in [9.17, 15) is 8.78 Å². The molecule has 2 nitrogen and oxygen atoms in total. The molecule has 1 aliphatic rings. The molecule has 156 valence electrons. The molecule has 1 aliphatic heterocycles. The Morgan fingerprint density at radius 3 is 2.50 bits per heavy atom. The molecule has 1 unspecified atom stereocenters. The summed E-state index contributed by atoms with van der Waals surface area (Å²) < 4.78 is 26.9. The van der Waals surface area contributed by atoms with E-state index in [1.54, 1.807) is 12.1 Å². The Labute approximate surface area is 185 Å². The van der Waals surface area contributed by atoms with E-state index in [0.717, 1.165) is 30.9 Å². The van der Waals surface area contributed by atoms with Crippen molar-refractivity contribution < 1.29 is 8.78 Å². The third-order valence-corrected chi connectivity index (χ3v) is 6.04. The molecule has 1 fully saturated rings. The first-order chi connectivity index (χ1) is 14.4. The predicted molar refractivity (Wildman–Crippen MR) is 119 cm³/mol. The van der Waals surface area contributed by atoms with Gasteiger partial charge in [-0.25, -0.2) is 8.78 Å². The Hall–Kier alpha value is -2.14. The summed E-state index contributed by atoms with van der Waals surface area (Å²) in [6.07, 6.45) is 0. The SMILES string of the molecule is Cc1cccc(C2CN(Cc3ccc(F)c(F)c3)CCN2c2ccc(Cl)cc2Cl)c1. The molecule has 0 bridgehead atoms. The van der Waals surface area contributed by atoms with Crippen LogP contribution in [0, 0.1) is 18.6 Å². The fraction of sp³-hybridized carbons (Fsp3) is 0.250. The predicted octanol–water partition coefficient (Wildman–Crippen LogP) is 6.64. The van der Waals surface area contributed by atoms with Crippen LogP contribution in [0.3, 0.4) is 0 Å². The van der Waals surface area contributed by atoms with Gasteiger partial charge in [0.2, 0.25) is 0 Å². The fourth-order valence-corrected chi connectivity index (χ4v) is 4.56. The summed E-state index contributed by atoms with van der Waals surface area (Å²) in [5.74, 6) is -1.63. The van der Waals surface area contributed by atoms with Crippen LogP contribution in [0.5, 0.6) is 0 Å². The maximum absolute atomic E-state index is 13.7. The van der Waals surface area contributed by atoms with Gasteiger partial charge in [0.05, 0.1) is 16.8 Å². The van der Waals surface area contributed by atoms with Gasteiger partial charge in [-0.3, -0.25) is 4.90 Å². The van der Waals surface area contributed by atoms with Gasteiger partial charge < -0.3 is 4.90 Å². The molecule has 0 aromatic heterocycles. The van der Waals surface area contributed by atoms with E-state index in [-0.39, 0.29) is 6.04 Å². The fourth-order valence-electron chi connectivity index (χ4n) is 4.04. The van der Waals surface area contributed by atoms with Gasteiger partial charge in [-0.05, 0) is 48.4 Å². The first kappa shape index (κ1) is 21.1. The van der Waals surface area contributed by atoms with Crippen molar-refractivity contribution in [2.45, 2.75) is 19.5 Å². The zero-order valence-corrected chi connectivity index (χ0v) is 18.1. The number of aryl methyl sites for hydroxylation is 1. The Morgan fingerprint density at radius 2 is 1.77 bits per heavy atom. The number of nitrogens with zero attached hydrogens (tertiary/aromatic N) is 2. The summed E-state index contributed by atoms with van der Waals surface area (Å²) in [6, 6.07) is 18.2. The molecule has 0 radical (unpaired) electrons. The van der Waals surface area contributed by atoms with Gasteiger partial charge in [-0.1, -0.05) is 59.1 Å². The highest BCUT2D eigenvalue weighted by atomic mass is 35.5. The molecule has 0 amide bonds. The van der Waals surface area contributed by atoms with Gasteiger partial charge >= 0.3 is 0 Å². The molecule has 30 heavy (non-hydrogen) atoms. The summed E-state index contributed by atoms with van der Waals surface area (Å²) in [5, 5.41) is 1.22. The maximum Gasteiger partial charge on any atom is 0.159 e. The number of rotatable bonds is 4. The van der Waals surface area contributed by atoms with Gasteiger partial charge in [0.25, 0.3) is 0 Å². The van der Waals surface area contributed by atoms with Crippen molar-refractivity contribution in [3.05, 3.63) is 99.0 Å². The van der Waals surface area contributed by atoms with Gasteiger partial charge in [-0.15, -0.1) is 0 Å². The minimum Gasteiger partial charge on any atom is -0.361 e. The van der Waals surface area contributed by atoms with Gasteiger partial charge in [0.1, 0.15) is 0 Å². The number of hydrogen-bond donors (Lipinski definition) is 0. The lowest BCUT2D eigenvalue weighted by atomic mass is 9.99. The summed E-state index contributed by atoms with van der Waals surface area (Å²) >= 11 is 12.6. The third kappa shape index (κ3) is 4.61. The van der Waals surface area contributed by atoms with Crippen LogP contribution in [0.25, 0.3) is 0 Å². The summed E-state index contributed by atoms with van der Waals surface area (Å²) in [6.45, 7) is 4.90. The molecule has 1 heterocycles. The van der Waals surface area contributed by atoms with Gasteiger partial charge in [0.15, 0.2) is 11.6 Å². The third-order valence-electron chi connectivity index (χ3n) is 5.50. The largest absolute Gasteiger partial charge is 0.361 e. The van der Waals surface area contributed by atoms with Crippen molar-refractivity contribution in [1.82, 2.24) is 4.90 Å². The number of hydrogen-bond acceptors (Lipinski definition) is 2. The number of benzene rings is 3. The summed E-state index contributed by atoms with van der Waals surface area (Å²) in [5.41, 5.74) is 4.08. The molecule has 0 spiro atoms. The van der Waals surface area contributed by atoms with E-state index >= 15 is 0 Å². The first-order valence-corrected chi connectivity index (χ1v) is 10.6. The average Bonchev–Trinajstić information content (AvgIpc) is 2.71. The summed E-state index contributed by atoms with van der Waals surface area (Å²) in [7, 11) is 0. The smallest absolute Gasteiger partial charge is 0.159 e. The van der Waals surface area contributed by atoms with E-state index < -0.39 is 11.6 Å². The average molecular weight is 447 g/mol. The topological polar surface area (TPSA) is 6.48 Å². The molecule has 3 aromatic rings. The number of halogens is 4. The van der Waals surface area contributed by atoms with Crippen LogP contribution < -0.4 is 4.90 Å². The lowest BCUT2D eigenvalue weighted by Gasteiger charge is -2.43. The van der Waals surface area contributed by atoms with E-state index in [0.29, 0.717) is 16.6 Å². The molecule has 3 aromatic carbocycles. The van der Waals surface area contributed by atoms with Gasteiger partial charge in [-0.2, -0.15) is 0 Å². The molecule has 1 saturated heterocycles. The van der Waals surface area contributed by atoms with Crippen molar-refractivity contribution in [2.24, 2.45) is 0 Å². The Balaban J connectivity index is 1.63. The van der Waals surface area contributed by atoms with Gasteiger partial charge in [0, 0.05) is 31.2 Å². The highest BCUT2D eigenvalue weighted by Crippen LogP contribution is 2.37. The van der Waals surface area contributed by atoms with Crippen LogP contribution in [-0.2, 0) is 6.54 Å². The van der Waals surface area contributed by atoms with E-state index in [1.165, 1.54) is 23.3 Å². The molecule has 4 rings (SSSR count). The normalized spacial score (nSPS) is 17.4. The molecule has 1 atom stereocenters. The van der Waals surface area contributed by atoms with Crippen LogP contribution in [0.4, 0.5) is 14.5 Å². The number of piperazine rings is 1. The lowest BCUT2D eigenvalue weighted by molar-refractivity contribution is 0.215. The molecular weight excluding hydrogens is 425 g/mol. The van der Waals surface area contributed by atoms with Crippen molar-refractivity contribution in [3.63, 3.8) is 0 Å².